The molecule has 0 saturated carbocycles. The number of rotatable bonds is 6. The Morgan fingerprint density at radius 3 is 2.45 bits per heavy atom. The molecule has 1 heterocycles. The topological polar surface area (TPSA) is 60.9 Å². The summed E-state index contributed by atoms with van der Waals surface area (Å²) >= 11 is 0. The lowest BCUT2D eigenvalue weighted by Gasteiger charge is -2.32. The Balaban J connectivity index is 2.62. The minimum atomic E-state index is -3.35. The lowest BCUT2D eigenvalue weighted by atomic mass is 10.0. The Kier molecular flexibility index (Phi) is 6.42. The number of hydrogen-bond donors (Lipinski definition) is 0. The summed E-state index contributed by atoms with van der Waals surface area (Å²) in [6.45, 7) is 4.52. The average Bonchev–Trinajstić information content (AvgIpc) is 2.32. The highest BCUT2D eigenvalue weighted by atomic mass is 32.2. The van der Waals surface area contributed by atoms with E-state index in [9.17, 15) is 13.2 Å². The smallest absolute Gasteiger partial charge is 0.237 e. The van der Waals surface area contributed by atoms with Gasteiger partial charge in [0.2, 0.25) is 15.9 Å². The quantitative estimate of drug-likeness (QED) is 0.697. The standard InChI is InChI=1S/C13H27N3O3S/c1-12-6-5-7-15(10-12)13(17)11-16(20(4,18)19)9-8-14(2)3/h12H,5-11H2,1-4H3. The van der Waals surface area contributed by atoms with Gasteiger partial charge in [-0.25, -0.2) is 8.42 Å². The van der Waals surface area contributed by atoms with E-state index in [-0.39, 0.29) is 12.5 Å². The third kappa shape index (κ3) is 5.76. The SMILES string of the molecule is CC1CCCN(C(=O)CN(CCN(C)C)S(C)(=O)=O)C1. The van der Waals surface area contributed by atoms with Crippen LogP contribution in [0.15, 0.2) is 0 Å². The average molecular weight is 305 g/mol. The fraction of sp³-hybridized carbons (Fsp3) is 0.923. The molecule has 0 bridgehead atoms. The third-order valence-electron chi connectivity index (χ3n) is 3.59. The molecule has 0 aromatic rings. The van der Waals surface area contributed by atoms with Crippen LogP contribution in [0, 0.1) is 5.92 Å². The van der Waals surface area contributed by atoms with Gasteiger partial charge in [-0.3, -0.25) is 4.79 Å². The van der Waals surface area contributed by atoms with Gasteiger partial charge >= 0.3 is 0 Å². The van der Waals surface area contributed by atoms with Gasteiger partial charge in [-0.15, -0.1) is 0 Å². The van der Waals surface area contributed by atoms with Crippen LogP contribution in [0.3, 0.4) is 0 Å². The highest BCUT2D eigenvalue weighted by Crippen LogP contribution is 2.15. The number of sulfonamides is 1. The van der Waals surface area contributed by atoms with Gasteiger partial charge in [-0.1, -0.05) is 6.92 Å². The van der Waals surface area contributed by atoms with E-state index in [1.54, 1.807) is 4.90 Å². The van der Waals surface area contributed by atoms with Gasteiger partial charge in [0.1, 0.15) is 0 Å². The zero-order chi connectivity index (χ0) is 15.3. The second kappa shape index (κ2) is 7.38. The van der Waals surface area contributed by atoms with Gasteiger partial charge in [0.05, 0.1) is 12.8 Å². The first-order chi connectivity index (χ1) is 9.20. The summed E-state index contributed by atoms with van der Waals surface area (Å²) in [6.07, 6.45) is 3.30. The molecule has 1 amide bonds. The van der Waals surface area contributed by atoms with Gasteiger partial charge < -0.3 is 9.80 Å². The van der Waals surface area contributed by atoms with Crippen molar-refractivity contribution < 1.29 is 13.2 Å². The molecule has 1 unspecified atom stereocenters. The van der Waals surface area contributed by atoms with E-state index in [4.69, 9.17) is 0 Å². The van der Waals surface area contributed by atoms with E-state index in [0.717, 1.165) is 32.2 Å². The second-order valence-corrected chi connectivity index (χ2v) is 7.97. The number of carbonyl (C=O) groups excluding carboxylic acids is 1. The van der Waals surface area contributed by atoms with Crippen molar-refractivity contribution in [3.8, 4) is 0 Å². The van der Waals surface area contributed by atoms with Crippen molar-refractivity contribution in [3.05, 3.63) is 0 Å². The van der Waals surface area contributed by atoms with E-state index < -0.39 is 10.0 Å². The molecule has 1 atom stereocenters. The van der Waals surface area contributed by atoms with Gasteiger partial charge in [-0.05, 0) is 32.9 Å². The van der Waals surface area contributed by atoms with Crippen LogP contribution in [0.4, 0.5) is 0 Å². The summed E-state index contributed by atoms with van der Waals surface area (Å²) in [6, 6.07) is 0. The zero-order valence-corrected chi connectivity index (χ0v) is 13.8. The summed E-state index contributed by atoms with van der Waals surface area (Å²) in [4.78, 5) is 16.0. The summed E-state index contributed by atoms with van der Waals surface area (Å²) in [5.74, 6) is 0.418. The van der Waals surface area contributed by atoms with E-state index in [1.807, 2.05) is 19.0 Å². The van der Waals surface area contributed by atoms with Crippen LogP contribution < -0.4 is 0 Å². The van der Waals surface area contributed by atoms with Crippen LogP contribution in [-0.2, 0) is 14.8 Å². The molecule has 1 rings (SSSR count). The maximum Gasteiger partial charge on any atom is 0.237 e. The van der Waals surface area contributed by atoms with Crippen molar-refractivity contribution in [1.29, 1.82) is 0 Å². The maximum absolute atomic E-state index is 12.3. The summed E-state index contributed by atoms with van der Waals surface area (Å²) < 4.78 is 24.8. The molecule has 0 aromatic heterocycles. The van der Waals surface area contributed by atoms with E-state index in [1.165, 1.54) is 4.31 Å². The molecular formula is C13H27N3O3S. The number of piperidine rings is 1. The highest BCUT2D eigenvalue weighted by molar-refractivity contribution is 7.88. The molecule has 1 fully saturated rings. The largest absolute Gasteiger partial charge is 0.341 e. The molecule has 1 saturated heterocycles. The molecular weight excluding hydrogens is 278 g/mol. The van der Waals surface area contributed by atoms with E-state index in [0.29, 0.717) is 19.0 Å². The van der Waals surface area contributed by atoms with Crippen LogP contribution in [-0.4, -0.2) is 81.5 Å². The minimum absolute atomic E-state index is 0.0423. The number of hydrogen-bond acceptors (Lipinski definition) is 4. The first-order valence-electron chi connectivity index (χ1n) is 7.07. The fourth-order valence-corrected chi connectivity index (χ4v) is 3.10. The number of likely N-dealkylation sites (tertiary alicyclic amines) is 1. The van der Waals surface area contributed by atoms with Crippen molar-refractivity contribution in [3.63, 3.8) is 0 Å². The van der Waals surface area contributed by atoms with Gasteiger partial charge in [0.15, 0.2) is 0 Å². The normalized spacial score (nSPS) is 20.7. The Morgan fingerprint density at radius 2 is 1.95 bits per heavy atom. The van der Waals surface area contributed by atoms with E-state index in [2.05, 4.69) is 6.92 Å². The molecule has 7 heteroatoms. The maximum atomic E-state index is 12.3. The van der Waals surface area contributed by atoms with Gasteiger partial charge in [0, 0.05) is 26.2 Å². The Morgan fingerprint density at radius 1 is 1.30 bits per heavy atom. The number of amides is 1. The Bertz CT molecular complexity index is 423. The summed E-state index contributed by atoms with van der Waals surface area (Å²) in [7, 11) is 0.418. The zero-order valence-electron chi connectivity index (χ0n) is 13.0. The van der Waals surface area contributed by atoms with Crippen molar-refractivity contribution in [1.82, 2.24) is 14.1 Å². The number of carbonyl (C=O) groups is 1. The molecule has 6 nitrogen and oxygen atoms in total. The number of likely N-dealkylation sites (N-methyl/N-ethyl adjacent to an activating group) is 1. The predicted molar refractivity (Wildman–Crippen MR) is 79.9 cm³/mol. The van der Waals surface area contributed by atoms with Crippen LogP contribution >= 0.6 is 0 Å². The van der Waals surface area contributed by atoms with Crippen LogP contribution in [0.2, 0.25) is 0 Å². The molecule has 1 aliphatic heterocycles. The van der Waals surface area contributed by atoms with Crippen molar-refractivity contribution in [2.75, 3.05) is 53.1 Å². The van der Waals surface area contributed by atoms with Crippen LogP contribution in [0.5, 0.6) is 0 Å². The molecule has 0 spiro atoms. The Labute approximate surface area is 122 Å². The van der Waals surface area contributed by atoms with Crippen molar-refractivity contribution in [2.24, 2.45) is 5.92 Å². The van der Waals surface area contributed by atoms with Crippen molar-refractivity contribution >= 4 is 15.9 Å². The van der Waals surface area contributed by atoms with Crippen LogP contribution in [0.25, 0.3) is 0 Å². The fourth-order valence-electron chi connectivity index (χ4n) is 2.34. The molecule has 1 aliphatic rings. The monoisotopic (exact) mass is 305 g/mol. The Hall–Kier alpha value is -0.660. The minimum Gasteiger partial charge on any atom is -0.341 e. The van der Waals surface area contributed by atoms with E-state index >= 15 is 0 Å². The molecule has 0 aromatic carbocycles. The van der Waals surface area contributed by atoms with Gasteiger partial charge in [-0.2, -0.15) is 4.31 Å². The first kappa shape index (κ1) is 17.4. The molecule has 0 N–H and O–H groups in total. The second-order valence-electron chi connectivity index (χ2n) is 5.99. The highest BCUT2D eigenvalue weighted by Gasteiger charge is 2.26. The molecule has 0 radical (unpaired) electrons. The summed E-state index contributed by atoms with van der Waals surface area (Å²) in [5, 5.41) is 0. The lowest BCUT2D eigenvalue weighted by Crippen LogP contribution is -2.47. The number of nitrogens with zero attached hydrogens (tertiary/aromatic N) is 3. The molecule has 118 valence electrons. The molecule has 0 aliphatic carbocycles. The molecule has 20 heavy (non-hydrogen) atoms. The lowest BCUT2D eigenvalue weighted by molar-refractivity contribution is -0.133. The first-order valence-corrected chi connectivity index (χ1v) is 8.92. The van der Waals surface area contributed by atoms with Gasteiger partial charge in [0.25, 0.3) is 0 Å². The summed E-state index contributed by atoms with van der Waals surface area (Å²) in [5.41, 5.74) is 0. The predicted octanol–water partition coefficient (Wildman–Crippen LogP) is 0.0681. The third-order valence-corrected chi connectivity index (χ3v) is 4.84. The van der Waals surface area contributed by atoms with Crippen LogP contribution in [0.1, 0.15) is 19.8 Å². The van der Waals surface area contributed by atoms with Crippen molar-refractivity contribution in [2.45, 2.75) is 19.8 Å².